The monoisotopic (exact) mass is 224 g/mol. The number of hydrogen-bond donors (Lipinski definition) is 0. The fourth-order valence-corrected chi connectivity index (χ4v) is 2.44. The molecule has 1 aromatic heterocycles. The quantitative estimate of drug-likeness (QED) is 0.533. The normalized spacial score (nSPS) is 11.5. The average Bonchev–Trinajstić information content (AvgIpc) is 2.65. The zero-order valence-corrected chi connectivity index (χ0v) is 10.7. The second-order valence-electron chi connectivity index (χ2n) is 4.92. The van der Waals surface area contributed by atoms with Gasteiger partial charge in [0.1, 0.15) is 11.2 Å². The Labute approximate surface area is 101 Å². The summed E-state index contributed by atoms with van der Waals surface area (Å²) in [6.07, 6.45) is 0. The van der Waals surface area contributed by atoms with Crippen LogP contribution in [0.1, 0.15) is 22.3 Å². The lowest BCUT2D eigenvalue weighted by molar-refractivity contribution is 0.665. The molecule has 2 aromatic carbocycles. The topological polar surface area (TPSA) is 13.1 Å². The molecule has 0 amide bonds. The third-order valence-corrected chi connectivity index (χ3v) is 3.74. The van der Waals surface area contributed by atoms with Crippen molar-refractivity contribution in [3.63, 3.8) is 0 Å². The van der Waals surface area contributed by atoms with Crippen molar-refractivity contribution in [1.82, 2.24) is 0 Å². The van der Waals surface area contributed by atoms with E-state index in [4.69, 9.17) is 4.42 Å². The van der Waals surface area contributed by atoms with E-state index in [1.807, 2.05) is 0 Å². The van der Waals surface area contributed by atoms with E-state index in [0.717, 1.165) is 11.2 Å². The molecule has 17 heavy (non-hydrogen) atoms. The van der Waals surface area contributed by atoms with Crippen molar-refractivity contribution >= 4 is 21.9 Å². The average molecular weight is 224 g/mol. The maximum absolute atomic E-state index is 5.97. The Hall–Kier alpha value is -1.76. The van der Waals surface area contributed by atoms with Gasteiger partial charge in [-0.25, -0.2) is 0 Å². The third kappa shape index (κ3) is 1.39. The molecule has 0 aliphatic heterocycles. The maximum Gasteiger partial charge on any atom is 0.138 e. The van der Waals surface area contributed by atoms with Crippen LogP contribution in [0.4, 0.5) is 0 Å². The molecule has 1 heteroatoms. The number of benzene rings is 2. The number of furan rings is 1. The molecule has 3 rings (SSSR count). The van der Waals surface area contributed by atoms with Gasteiger partial charge in [0.15, 0.2) is 0 Å². The fourth-order valence-electron chi connectivity index (χ4n) is 2.44. The van der Waals surface area contributed by atoms with Gasteiger partial charge in [0, 0.05) is 10.8 Å². The summed E-state index contributed by atoms with van der Waals surface area (Å²) in [6.45, 7) is 8.57. The molecule has 0 unspecified atom stereocenters. The van der Waals surface area contributed by atoms with Gasteiger partial charge in [0.25, 0.3) is 0 Å². The van der Waals surface area contributed by atoms with Crippen LogP contribution in [0.25, 0.3) is 21.9 Å². The fraction of sp³-hybridized carbons (Fsp3) is 0.250. The highest BCUT2D eigenvalue weighted by Gasteiger charge is 2.12. The van der Waals surface area contributed by atoms with Gasteiger partial charge in [-0.05, 0) is 62.6 Å². The molecule has 1 heterocycles. The zero-order chi connectivity index (χ0) is 12.2. The molecule has 0 bridgehead atoms. The van der Waals surface area contributed by atoms with Crippen LogP contribution >= 0.6 is 0 Å². The molecule has 0 aliphatic rings. The number of fused-ring (bicyclic) bond motifs is 3. The van der Waals surface area contributed by atoms with Crippen molar-refractivity contribution in [2.24, 2.45) is 0 Å². The lowest BCUT2D eigenvalue weighted by atomic mass is 10.00. The molecule has 0 aliphatic carbocycles. The molecular weight excluding hydrogens is 208 g/mol. The van der Waals surface area contributed by atoms with Crippen LogP contribution in [0.15, 0.2) is 28.7 Å². The van der Waals surface area contributed by atoms with Gasteiger partial charge in [-0.1, -0.05) is 11.6 Å². The lowest BCUT2D eigenvalue weighted by Gasteiger charge is -2.04. The summed E-state index contributed by atoms with van der Waals surface area (Å²) < 4.78 is 5.97. The molecule has 0 radical (unpaired) electrons. The number of hydrogen-bond acceptors (Lipinski definition) is 1. The smallest absolute Gasteiger partial charge is 0.138 e. The lowest BCUT2D eigenvalue weighted by Crippen LogP contribution is -1.86. The van der Waals surface area contributed by atoms with Gasteiger partial charge < -0.3 is 4.42 Å². The van der Waals surface area contributed by atoms with Gasteiger partial charge in [0.2, 0.25) is 0 Å². The van der Waals surface area contributed by atoms with Crippen LogP contribution in [0, 0.1) is 27.7 Å². The summed E-state index contributed by atoms with van der Waals surface area (Å²) in [4.78, 5) is 0. The van der Waals surface area contributed by atoms with Crippen LogP contribution in [0.5, 0.6) is 0 Å². The summed E-state index contributed by atoms with van der Waals surface area (Å²) in [5.74, 6) is 0. The van der Waals surface area contributed by atoms with Gasteiger partial charge >= 0.3 is 0 Å². The second-order valence-corrected chi connectivity index (χ2v) is 4.92. The Bertz CT molecular complexity index is 732. The Morgan fingerprint density at radius 2 is 1.59 bits per heavy atom. The standard InChI is InChI=1S/C16H16O/c1-9-5-6-15-13(7-9)14-8-10(2)11(3)12(4)16(14)17-15/h5-8H,1-4H3. The first-order valence-corrected chi connectivity index (χ1v) is 5.97. The van der Waals surface area contributed by atoms with Crippen LogP contribution in [0.3, 0.4) is 0 Å². The van der Waals surface area contributed by atoms with Crippen molar-refractivity contribution in [3.8, 4) is 0 Å². The Morgan fingerprint density at radius 1 is 0.824 bits per heavy atom. The molecule has 86 valence electrons. The first-order chi connectivity index (χ1) is 8.08. The molecule has 3 aromatic rings. The molecule has 0 saturated carbocycles. The van der Waals surface area contributed by atoms with Crippen molar-refractivity contribution in [1.29, 1.82) is 0 Å². The summed E-state index contributed by atoms with van der Waals surface area (Å²) >= 11 is 0. The van der Waals surface area contributed by atoms with Crippen LogP contribution < -0.4 is 0 Å². The van der Waals surface area contributed by atoms with Gasteiger partial charge in [-0.15, -0.1) is 0 Å². The highest BCUT2D eigenvalue weighted by Crippen LogP contribution is 2.33. The molecule has 0 atom stereocenters. The SMILES string of the molecule is Cc1ccc2oc3c(C)c(C)c(C)cc3c2c1. The first kappa shape index (κ1) is 10.4. The highest BCUT2D eigenvalue weighted by atomic mass is 16.3. The van der Waals surface area contributed by atoms with Gasteiger partial charge in [-0.3, -0.25) is 0 Å². The summed E-state index contributed by atoms with van der Waals surface area (Å²) in [5.41, 5.74) is 7.21. The maximum atomic E-state index is 5.97. The number of aryl methyl sites for hydroxylation is 3. The minimum atomic E-state index is 0.985. The third-order valence-electron chi connectivity index (χ3n) is 3.74. The van der Waals surface area contributed by atoms with Gasteiger partial charge in [0.05, 0.1) is 0 Å². The van der Waals surface area contributed by atoms with Crippen molar-refractivity contribution < 1.29 is 4.42 Å². The van der Waals surface area contributed by atoms with E-state index in [2.05, 4.69) is 52.0 Å². The summed E-state index contributed by atoms with van der Waals surface area (Å²) in [6, 6.07) is 8.60. The largest absolute Gasteiger partial charge is 0.456 e. The van der Waals surface area contributed by atoms with Crippen molar-refractivity contribution in [3.05, 3.63) is 46.5 Å². The van der Waals surface area contributed by atoms with E-state index in [0.29, 0.717) is 0 Å². The predicted molar refractivity (Wildman–Crippen MR) is 72.7 cm³/mol. The minimum Gasteiger partial charge on any atom is -0.456 e. The molecule has 0 saturated heterocycles. The molecule has 0 spiro atoms. The molecule has 0 N–H and O–H groups in total. The molecule has 0 fully saturated rings. The number of rotatable bonds is 0. The van der Waals surface area contributed by atoms with E-state index in [1.54, 1.807) is 0 Å². The van der Waals surface area contributed by atoms with Crippen LogP contribution in [0.2, 0.25) is 0 Å². The Kier molecular flexibility index (Phi) is 2.06. The molecular formula is C16H16O. The van der Waals surface area contributed by atoms with Crippen LogP contribution in [-0.2, 0) is 0 Å². The van der Waals surface area contributed by atoms with E-state index >= 15 is 0 Å². The zero-order valence-electron chi connectivity index (χ0n) is 10.7. The van der Waals surface area contributed by atoms with Crippen LogP contribution in [-0.4, -0.2) is 0 Å². The molecule has 1 nitrogen and oxygen atoms in total. The predicted octanol–water partition coefficient (Wildman–Crippen LogP) is 4.82. The Balaban J connectivity index is 2.57. The second kappa shape index (κ2) is 3.36. The summed E-state index contributed by atoms with van der Waals surface area (Å²) in [7, 11) is 0. The van der Waals surface area contributed by atoms with E-state index < -0.39 is 0 Å². The van der Waals surface area contributed by atoms with Crippen molar-refractivity contribution in [2.75, 3.05) is 0 Å². The Morgan fingerprint density at radius 3 is 2.35 bits per heavy atom. The van der Waals surface area contributed by atoms with Crippen molar-refractivity contribution in [2.45, 2.75) is 27.7 Å². The van der Waals surface area contributed by atoms with Gasteiger partial charge in [-0.2, -0.15) is 0 Å². The van der Waals surface area contributed by atoms with E-state index in [9.17, 15) is 0 Å². The first-order valence-electron chi connectivity index (χ1n) is 5.97. The minimum absolute atomic E-state index is 0.985. The van der Waals surface area contributed by atoms with E-state index in [1.165, 1.54) is 33.0 Å². The summed E-state index contributed by atoms with van der Waals surface area (Å²) in [5, 5.41) is 2.47. The van der Waals surface area contributed by atoms with E-state index in [-0.39, 0.29) is 0 Å². The highest BCUT2D eigenvalue weighted by molar-refractivity contribution is 6.06.